The van der Waals surface area contributed by atoms with E-state index in [2.05, 4.69) is 10.6 Å². The molecule has 8 heteroatoms. The molecule has 5 nitrogen and oxygen atoms in total. The van der Waals surface area contributed by atoms with Crippen molar-refractivity contribution in [3.8, 4) is 0 Å². The lowest BCUT2D eigenvalue weighted by molar-refractivity contribution is -0.384. The molecular formula is C16H14F3N3O2. The van der Waals surface area contributed by atoms with Crippen LogP contribution in [0.2, 0.25) is 0 Å². The molecule has 2 aromatic rings. The van der Waals surface area contributed by atoms with Gasteiger partial charge in [-0.05, 0) is 30.2 Å². The monoisotopic (exact) mass is 337 g/mol. The van der Waals surface area contributed by atoms with Crippen LogP contribution >= 0.6 is 0 Å². The van der Waals surface area contributed by atoms with E-state index in [1.807, 2.05) is 0 Å². The second-order valence-electron chi connectivity index (χ2n) is 5.47. The van der Waals surface area contributed by atoms with Gasteiger partial charge in [0.1, 0.15) is 5.69 Å². The van der Waals surface area contributed by atoms with Gasteiger partial charge in [-0.2, -0.15) is 13.2 Å². The molecule has 24 heavy (non-hydrogen) atoms. The van der Waals surface area contributed by atoms with E-state index < -0.39 is 16.7 Å². The van der Waals surface area contributed by atoms with Gasteiger partial charge in [0.2, 0.25) is 0 Å². The van der Waals surface area contributed by atoms with Crippen LogP contribution < -0.4 is 10.6 Å². The zero-order valence-electron chi connectivity index (χ0n) is 12.5. The molecule has 3 rings (SSSR count). The van der Waals surface area contributed by atoms with Crippen LogP contribution in [0.25, 0.3) is 0 Å². The Labute approximate surface area is 135 Å². The Morgan fingerprint density at radius 3 is 2.50 bits per heavy atom. The summed E-state index contributed by atoms with van der Waals surface area (Å²) in [5.74, 6) is 0. The van der Waals surface area contributed by atoms with Crippen LogP contribution in [-0.4, -0.2) is 11.5 Å². The van der Waals surface area contributed by atoms with Gasteiger partial charge in [-0.1, -0.05) is 12.1 Å². The fourth-order valence-corrected chi connectivity index (χ4v) is 2.73. The van der Waals surface area contributed by atoms with Crippen molar-refractivity contribution in [2.45, 2.75) is 19.1 Å². The highest BCUT2D eigenvalue weighted by molar-refractivity contribution is 5.77. The van der Waals surface area contributed by atoms with Crippen molar-refractivity contribution in [1.29, 1.82) is 0 Å². The lowest BCUT2D eigenvalue weighted by Gasteiger charge is -2.12. The first kappa shape index (κ1) is 16.1. The normalized spacial score (nSPS) is 13.3. The molecule has 2 N–H and O–H groups in total. The highest BCUT2D eigenvalue weighted by Gasteiger charge is 2.30. The zero-order valence-corrected chi connectivity index (χ0v) is 12.5. The number of benzene rings is 2. The second-order valence-corrected chi connectivity index (χ2v) is 5.47. The Balaban J connectivity index is 1.82. The molecule has 1 aliphatic rings. The summed E-state index contributed by atoms with van der Waals surface area (Å²) in [6.45, 7) is 0.904. The third-order valence-electron chi connectivity index (χ3n) is 3.93. The smallest absolute Gasteiger partial charge is 0.384 e. The highest BCUT2D eigenvalue weighted by Crippen LogP contribution is 2.37. The fraction of sp³-hybridized carbons (Fsp3) is 0.250. The molecule has 126 valence electrons. The van der Waals surface area contributed by atoms with E-state index in [4.69, 9.17) is 0 Å². The van der Waals surface area contributed by atoms with Gasteiger partial charge in [0, 0.05) is 30.4 Å². The van der Waals surface area contributed by atoms with Crippen LogP contribution in [0.4, 0.5) is 30.2 Å². The number of rotatable bonds is 4. The molecule has 0 bridgehead atoms. The molecule has 2 aromatic carbocycles. The maximum Gasteiger partial charge on any atom is 0.416 e. The Kier molecular flexibility index (Phi) is 4.04. The maximum absolute atomic E-state index is 12.6. The Bertz CT molecular complexity index is 773. The molecular weight excluding hydrogens is 323 g/mol. The number of anilines is 2. The van der Waals surface area contributed by atoms with Gasteiger partial charge in [-0.3, -0.25) is 10.1 Å². The summed E-state index contributed by atoms with van der Waals surface area (Å²) >= 11 is 0. The third-order valence-corrected chi connectivity index (χ3v) is 3.93. The first-order valence-electron chi connectivity index (χ1n) is 7.30. The summed E-state index contributed by atoms with van der Waals surface area (Å²) in [4.78, 5) is 10.7. The topological polar surface area (TPSA) is 67.2 Å². The molecule has 0 aromatic heterocycles. The van der Waals surface area contributed by atoms with E-state index in [0.29, 0.717) is 24.2 Å². The van der Waals surface area contributed by atoms with Crippen molar-refractivity contribution < 1.29 is 18.1 Å². The average Bonchev–Trinajstić information content (AvgIpc) is 3.00. The summed E-state index contributed by atoms with van der Waals surface area (Å²) in [6.07, 6.45) is -3.72. The van der Waals surface area contributed by atoms with Gasteiger partial charge in [-0.15, -0.1) is 0 Å². The zero-order chi connectivity index (χ0) is 17.3. The minimum Gasteiger partial charge on any atom is -0.384 e. The number of nitrogens with one attached hydrogen (secondary N) is 2. The predicted molar refractivity (Wildman–Crippen MR) is 84.1 cm³/mol. The van der Waals surface area contributed by atoms with E-state index in [0.717, 1.165) is 23.4 Å². The number of halogens is 3. The molecule has 1 aliphatic heterocycles. The maximum atomic E-state index is 12.6. The largest absolute Gasteiger partial charge is 0.416 e. The number of nitro groups is 1. The Morgan fingerprint density at radius 2 is 1.88 bits per heavy atom. The number of nitrogens with zero attached hydrogens (tertiary/aromatic N) is 1. The average molecular weight is 337 g/mol. The van der Waals surface area contributed by atoms with E-state index >= 15 is 0 Å². The standard InChI is InChI=1S/C16H14F3N3O2/c17-16(18,19)11-3-1-10(2-4-11)9-21-15-12-7-8-20-13(12)5-6-14(15)22(23)24/h1-6,20-21H,7-9H2. The first-order chi connectivity index (χ1) is 11.4. The Hall–Kier alpha value is -2.77. The van der Waals surface area contributed by atoms with Crippen LogP contribution in [0, 0.1) is 10.1 Å². The van der Waals surface area contributed by atoms with E-state index in [1.54, 1.807) is 6.07 Å². The molecule has 0 saturated heterocycles. The van der Waals surface area contributed by atoms with Gasteiger partial charge in [0.05, 0.1) is 10.5 Å². The fourth-order valence-electron chi connectivity index (χ4n) is 2.73. The van der Waals surface area contributed by atoms with Crippen molar-refractivity contribution in [3.05, 3.63) is 63.2 Å². The SMILES string of the molecule is O=[N+]([O-])c1ccc2c(c1NCc1ccc(C(F)(F)F)cc1)CCN2. The van der Waals surface area contributed by atoms with E-state index in [9.17, 15) is 23.3 Å². The van der Waals surface area contributed by atoms with Crippen molar-refractivity contribution >= 4 is 17.1 Å². The second kappa shape index (κ2) is 6.03. The number of alkyl halides is 3. The van der Waals surface area contributed by atoms with Crippen LogP contribution in [0.5, 0.6) is 0 Å². The molecule has 0 saturated carbocycles. The lowest BCUT2D eigenvalue weighted by Crippen LogP contribution is -2.07. The molecule has 0 aliphatic carbocycles. The molecule has 0 spiro atoms. The minimum atomic E-state index is -4.38. The number of hydrogen-bond acceptors (Lipinski definition) is 4. The quantitative estimate of drug-likeness (QED) is 0.648. The molecule has 0 fully saturated rings. The number of hydrogen-bond donors (Lipinski definition) is 2. The van der Waals surface area contributed by atoms with Crippen molar-refractivity contribution in [2.24, 2.45) is 0 Å². The van der Waals surface area contributed by atoms with Crippen molar-refractivity contribution in [1.82, 2.24) is 0 Å². The molecule has 0 unspecified atom stereocenters. The van der Waals surface area contributed by atoms with Gasteiger partial charge in [-0.25, -0.2) is 0 Å². The summed E-state index contributed by atoms with van der Waals surface area (Å²) in [5, 5.41) is 17.4. The minimum absolute atomic E-state index is 0.0376. The summed E-state index contributed by atoms with van der Waals surface area (Å²) in [6, 6.07) is 7.83. The van der Waals surface area contributed by atoms with Crippen LogP contribution in [-0.2, 0) is 19.1 Å². The molecule has 0 radical (unpaired) electrons. The number of fused-ring (bicyclic) bond motifs is 1. The Morgan fingerprint density at radius 1 is 1.17 bits per heavy atom. The van der Waals surface area contributed by atoms with Gasteiger partial charge >= 0.3 is 6.18 Å². The van der Waals surface area contributed by atoms with Crippen LogP contribution in [0.3, 0.4) is 0 Å². The molecule has 0 atom stereocenters. The van der Waals surface area contributed by atoms with Crippen molar-refractivity contribution in [2.75, 3.05) is 17.2 Å². The van der Waals surface area contributed by atoms with E-state index in [-0.39, 0.29) is 12.2 Å². The predicted octanol–water partition coefficient (Wildman–Crippen LogP) is 4.19. The third kappa shape index (κ3) is 3.12. The number of nitro benzene ring substituents is 1. The molecule has 1 heterocycles. The summed E-state index contributed by atoms with van der Waals surface area (Å²) in [5.41, 5.74) is 1.95. The summed E-state index contributed by atoms with van der Waals surface area (Å²) < 4.78 is 37.7. The van der Waals surface area contributed by atoms with Gasteiger partial charge in [0.15, 0.2) is 0 Å². The van der Waals surface area contributed by atoms with E-state index in [1.165, 1.54) is 18.2 Å². The van der Waals surface area contributed by atoms with Crippen LogP contribution in [0.15, 0.2) is 36.4 Å². The highest BCUT2D eigenvalue weighted by atomic mass is 19.4. The first-order valence-corrected chi connectivity index (χ1v) is 7.30. The van der Waals surface area contributed by atoms with Crippen LogP contribution in [0.1, 0.15) is 16.7 Å². The summed E-state index contributed by atoms with van der Waals surface area (Å²) in [7, 11) is 0. The van der Waals surface area contributed by atoms with Gasteiger partial charge < -0.3 is 10.6 Å². The molecule has 0 amide bonds. The lowest BCUT2D eigenvalue weighted by atomic mass is 10.1. The van der Waals surface area contributed by atoms with Gasteiger partial charge in [0.25, 0.3) is 5.69 Å². The van der Waals surface area contributed by atoms with Crippen molar-refractivity contribution in [3.63, 3.8) is 0 Å².